The van der Waals surface area contributed by atoms with Crippen molar-refractivity contribution < 1.29 is 23.9 Å². The summed E-state index contributed by atoms with van der Waals surface area (Å²) in [4.78, 5) is 39.1. The number of rotatable bonds is 4. The molecule has 0 saturated carbocycles. The van der Waals surface area contributed by atoms with Gasteiger partial charge in [0.15, 0.2) is 6.61 Å². The molecule has 1 fully saturated rings. The standard InChI is InChI=1S/C18H22BrNO5S2/c1-18(2,3)25-17(23)20-6-4-5-10(20)16(22)24-9-11(21)12-7-13-14(26-12)8-15(19)27-13/h7-8,10,13-14H,4-6,9H2,1-3H3. The molecule has 9 heteroatoms. The molecule has 0 bridgehead atoms. The number of likely N-dealkylation sites (tertiary alicyclic amines) is 1. The quantitative estimate of drug-likeness (QED) is 0.571. The molecular weight excluding hydrogens is 454 g/mol. The van der Waals surface area contributed by atoms with Gasteiger partial charge in [-0.1, -0.05) is 6.08 Å². The highest BCUT2D eigenvalue weighted by Crippen LogP contribution is 2.49. The molecule has 27 heavy (non-hydrogen) atoms. The van der Waals surface area contributed by atoms with E-state index in [1.807, 2.05) is 6.08 Å². The SMILES string of the molecule is CC(C)(C)OC(=O)N1CCCC1C(=O)OCC(=O)C1=CC2SC(Br)=CC2S1. The highest BCUT2D eigenvalue weighted by molar-refractivity contribution is 9.14. The van der Waals surface area contributed by atoms with Crippen LogP contribution in [0.3, 0.4) is 0 Å². The molecule has 1 amide bonds. The zero-order valence-electron chi connectivity index (χ0n) is 15.4. The Morgan fingerprint density at radius 2 is 1.93 bits per heavy atom. The second-order valence-electron chi connectivity index (χ2n) is 7.53. The van der Waals surface area contributed by atoms with Gasteiger partial charge in [-0.2, -0.15) is 0 Å². The smallest absolute Gasteiger partial charge is 0.411 e. The van der Waals surface area contributed by atoms with E-state index in [0.29, 0.717) is 24.3 Å². The van der Waals surface area contributed by atoms with Crippen LogP contribution in [0.15, 0.2) is 20.9 Å². The fourth-order valence-corrected chi connectivity index (χ4v) is 6.68. The molecule has 3 unspecified atom stereocenters. The predicted octanol–water partition coefficient (Wildman–Crippen LogP) is 3.85. The molecule has 3 atom stereocenters. The normalized spacial score (nSPS) is 27.1. The number of hydrogen-bond acceptors (Lipinski definition) is 7. The molecule has 0 spiro atoms. The van der Waals surface area contributed by atoms with Gasteiger partial charge >= 0.3 is 12.1 Å². The number of fused-ring (bicyclic) bond motifs is 1. The number of nitrogens with zero attached hydrogens (tertiary/aromatic N) is 1. The predicted molar refractivity (Wildman–Crippen MR) is 110 cm³/mol. The number of carbonyl (C=O) groups is 3. The molecule has 148 valence electrons. The summed E-state index contributed by atoms with van der Waals surface area (Å²) in [7, 11) is 0. The molecule has 0 aromatic heterocycles. The Hall–Kier alpha value is -0.930. The van der Waals surface area contributed by atoms with Gasteiger partial charge in [-0.05, 0) is 55.6 Å². The number of esters is 1. The van der Waals surface area contributed by atoms with Crippen molar-refractivity contribution in [3.63, 3.8) is 0 Å². The molecule has 6 nitrogen and oxygen atoms in total. The van der Waals surface area contributed by atoms with Gasteiger partial charge in [-0.3, -0.25) is 9.69 Å². The molecule has 3 heterocycles. The number of thioether (sulfide) groups is 2. The lowest BCUT2D eigenvalue weighted by atomic mass is 10.2. The summed E-state index contributed by atoms with van der Waals surface area (Å²) in [5.41, 5.74) is -0.629. The van der Waals surface area contributed by atoms with Crippen LogP contribution < -0.4 is 0 Å². The van der Waals surface area contributed by atoms with Crippen LogP contribution in [0, 0.1) is 0 Å². The molecule has 3 rings (SSSR count). The summed E-state index contributed by atoms with van der Waals surface area (Å²) < 4.78 is 11.7. The van der Waals surface area contributed by atoms with Crippen LogP contribution in [-0.4, -0.2) is 58.0 Å². The summed E-state index contributed by atoms with van der Waals surface area (Å²) in [5.74, 6) is -0.748. The van der Waals surface area contributed by atoms with Gasteiger partial charge in [0, 0.05) is 20.9 Å². The van der Waals surface area contributed by atoms with Crippen molar-refractivity contribution >= 4 is 57.3 Å². The molecule has 0 aromatic rings. The first kappa shape index (κ1) is 20.8. The number of halogens is 1. The average Bonchev–Trinajstić information content (AvgIpc) is 3.24. The summed E-state index contributed by atoms with van der Waals surface area (Å²) >= 11 is 6.63. The van der Waals surface area contributed by atoms with E-state index in [9.17, 15) is 14.4 Å². The Morgan fingerprint density at radius 1 is 1.22 bits per heavy atom. The van der Waals surface area contributed by atoms with Crippen LogP contribution in [0.25, 0.3) is 0 Å². The number of amides is 1. The fourth-order valence-electron chi connectivity index (χ4n) is 3.04. The molecule has 0 aliphatic carbocycles. The highest BCUT2D eigenvalue weighted by atomic mass is 79.9. The molecule has 3 aliphatic rings. The summed E-state index contributed by atoms with van der Waals surface area (Å²) in [6.45, 7) is 5.49. The lowest BCUT2D eigenvalue weighted by Crippen LogP contribution is -2.44. The maximum atomic E-state index is 12.4. The topological polar surface area (TPSA) is 72.9 Å². The Labute approximate surface area is 175 Å². The fraction of sp³-hybridized carbons (Fsp3) is 0.611. The van der Waals surface area contributed by atoms with E-state index in [2.05, 4.69) is 22.0 Å². The number of carbonyl (C=O) groups excluding carboxylic acids is 3. The number of hydrogen-bond donors (Lipinski definition) is 0. The Kier molecular flexibility index (Phi) is 6.32. The van der Waals surface area contributed by atoms with Gasteiger partial charge < -0.3 is 9.47 Å². The third-order valence-corrected chi connectivity index (χ3v) is 7.60. The van der Waals surface area contributed by atoms with E-state index >= 15 is 0 Å². The van der Waals surface area contributed by atoms with E-state index in [0.717, 1.165) is 3.81 Å². The van der Waals surface area contributed by atoms with Crippen molar-refractivity contribution in [3.05, 3.63) is 20.9 Å². The van der Waals surface area contributed by atoms with Crippen molar-refractivity contribution in [2.75, 3.05) is 13.2 Å². The van der Waals surface area contributed by atoms with Crippen LogP contribution in [0.1, 0.15) is 33.6 Å². The van der Waals surface area contributed by atoms with Crippen molar-refractivity contribution in [2.24, 2.45) is 0 Å². The van der Waals surface area contributed by atoms with Gasteiger partial charge in [0.05, 0.1) is 4.91 Å². The second kappa shape index (κ2) is 8.21. The Morgan fingerprint density at radius 3 is 2.59 bits per heavy atom. The zero-order chi connectivity index (χ0) is 19.8. The number of ketones is 1. The average molecular weight is 476 g/mol. The number of Topliss-reactive ketones (excluding diaryl/α,β-unsaturated/α-hetero) is 1. The van der Waals surface area contributed by atoms with Crippen LogP contribution in [-0.2, 0) is 19.1 Å². The van der Waals surface area contributed by atoms with Crippen molar-refractivity contribution in [2.45, 2.75) is 55.8 Å². The third-order valence-electron chi connectivity index (χ3n) is 4.22. The molecular formula is C18H22BrNO5S2. The van der Waals surface area contributed by atoms with E-state index in [-0.39, 0.29) is 22.9 Å². The molecule has 0 radical (unpaired) electrons. The van der Waals surface area contributed by atoms with E-state index in [1.165, 1.54) is 16.7 Å². The maximum Gasteiger partial charge on any atom is 0.411 e. The molecule has 0 aromatic carbocycles. The second-order valence-corrected chi connectivity index (χ2v) is 11.3. The van der Waals surface area contributed by atoms with Crippen LogP contribution in [0.4, 0.5) is 4.79 Å². The van der Waals surface area contributed by atoms with Crippen LogP contribution >= 0.6 is 39.5 Å². The summed E-state index contributed by atoms with van der Waals surface area (Å²) in [6.07, 6.45) is 4.72. The maximum absolute atomic E-state index is 12.4. The Bertz CT molecular complexity index is 715. The molecule has 0 N–H and O–H groups in total. The summed E-state index contributed by atoms with van der Waals surface area (Å²) in [5, 5.41) is 0.494. The van der Waals surface area contributed by atoms with Gasteiger partial charge in [0.1, 0.15) is 11.6 Å². The highest BCUT2D eigenvalue weighted by Gasteiger charge is 2.39. The molecule has 3 aliphatic heterocycles. The van der Waals surface area contributed by atoms with Gasteiger partial charge in [0.2, 0.25) is 5.78 Å². The Balaban J connectivity index is 1.51. The van der Waals surface area contributed by atoms with Crippen molar-refractivity contribution in [3.8, 4) is 0 Å². The summed E-state index contributed by atoms with van der Waals surface area (Å²) in [6, 6.07) is -0.688. The number of ether oxygens (including phenoxy) is 2. The van der Waals surface area contributed by atoms with Gasteiger partial charge in [0.25, 0.3) is 0 Å². The minimum absolute atomic E-state index is 0.199. The first-order valence-electron chi connectivity index (χ1n) is 8.76. The van der Waals surface area contributed by atoms with E-state index < -0.39 is 23.7 Å². The largest absolute Gasteiger partial charge is 0.456 e. The van der Waals surface area contributed by atoms with E-state index in [4.69, 9.17) is 9.47 Å². The lowest BCUT2D eigenvalue weighted by molar-refractivity contribution is -0.151. The minimum atomic E-state index is -0.688. The van der Waals surface area contributed by atoms with Crippen LogP contribution in [0.5, 0.6) is 0 Å². The zero-order valence-corrected chi connectivity index (χ0v) is 18.6. The van der Waals surface area contributed by atoms with Crippen molar-refractivity contribution in [1.82, 2.24) is 4.90 Å². The van der Waals surface area contributed by atoms with Gasteiger partial charge in [-0.15, -0.1) is 23.5 Å². The van der Waals surface area contributed by atoms with Crippen molar-refractivity contribution in [1.29, 1.82) is 0 Å². The first-order chi connectivity index (χ1) is 12.6. The first-order valence-corrected chi connectivity index (χ1v) is 11.3. The molecule has 1 saturated heterocycles. The third kappa shape index (κ3) is 5.12. The van der Waals surface area contributed by atoms with E-state index in [1.54, 1.807) is 32.5 Å². The minimum Gasteiger partial charge on any atom is -0.456 e. The monoisotopic (exact) mass is 475 g/mol. The lowest BCUT2D eigenvalue weighted by Gasteiger charge is -2.27. The van der Waals surface area contributed by atoms with Crippen LogP contribution in [0.2, 0.25) is 0 Å². The van der Waals surface area contributed by atoms with Gasteiger partial charge in [-0.25, -0.2) is 9.59 Å².